The average molecular weight is 232 g/mol. The molecule has 0 aliphatic rings. The van der Waals surface area contributed by atoms with Crippen LogP contribution in [0.4, 0.5) is 0 Å². The summed E-state index contributed by atoms with van der Waals surface area (Å²) in [6.45, 7) is 7.08. The Balaban J connectivity index is 2.68. The number of aromatic nitrogens is 1. The van der Waals surface area contributed by atoms with E-state index in [9.17, 15) is 0 Å². The molecular formula is C14H20N2O. The van der Waals surface area contributed by atoms with Gasteiger partial charge in [-0.1, -0.05) is 13.8 Å². The van der Waals surface area contributed by atoms with Crippen molar-refractivity contribution in [2.45, 2.75) is 26.2 Å². The topological polar surface area (TPSA) is 51.0 Å². The van der Waals surface area contributed by atoms with E-state index in [1.807, 2.05) is 12.1 Å². The Morgan fingerprint density at radius 2 is 2.06 bits per heavy atom. The lowest BCUT2D eigenvalue weighted by atomic mass is 9.83. The molecular weight excluding hydrogens is 212 g/mol. The van der Waals surface area contributed by atoms with E-state index in [4.69, 9.17) is 10.5 Å². The first-order valence-corrected chi connectivity index (χ1v) is 5.86. The van der Waals surface area contributed by atoms with E-state index in [2.05, 4.69) is 31.8 Å². The number of hydrogen-bond donors (Lipinski definition) is 2. The molecule has 0 saturated carbocycles. The average Bonchev–Trinajstić information content (AvgIpc) is 2.64. The Morgan fingerprint density at radius 3 is 2.65 bits per heavy atom. The first-order chi connectivity index (χ1) is 7.99. The zero-order valence-electron chi connectivity index (χ0n) is 10.9. The summed E-state index contributed by atoms with van der Waals surface area (Å²) in [5.74, 6) is 0.871. The first kappa shape index (κ1) is 12.0. The van der Waals surface area contributed by atoms with Crippen LogP contribution in [0.1, 0.15) is 25.1 Å². The zero-order chi connectivity index (χ0) is 12.6. The van der Waals surface area contributed by atoms with Crippen molar-refractivity contribution in [1.82, 2.24) is 4.98 Å². The molecule has 3 N–H and O–H groups in total. The summed E-state index contributed by atoms with van der Waals surface area (Å²) >= 11 is 0. The van der Waals surface area contributed by atoms with Crippen LogP contribution in [0.2, 0.25) is 0 Å². The molecule has 0 amide bonds. The fraction of sp³-hybridized carbons (Fsp3) is 0.429. The van der Waals surface area contributed by atoms with Crippen LogP contribution in [0.15, 0.2) is 18.2 Å². The van der Waals surface area contributed by atoms with Crippen LogP contribution in [-0.2, 0) is 5.41 Å². The number of methoxy groups -OCH3 is 1. The van der Waals surface area contributed by atoms with E-state index < -0.39 is 0 Å². The quantitative estimate of drug-likeness (QED) is 0.855. The summed E-state index contributed by atoms with van der Waals surface area (Å²) in [7, 11) is 1.68. The van der Waals surface area contributed by atoms with Gasteiger partial charge in [0, 0.05) is 34.6 Å². The number of aromatic amines is 1. The van der Waals surface area contributed by atoms with Gasteiger partial charge in [0.05, 0.1) is 7.11 Å². The number of aryl methyl sites for hydroxylation is 1. The van der Waals surface area contributed by atoms with Crippen molar-refractivity contribution in [1.29, 1.82) is 0 Å². The lowest BCUT2D eigenvalue weighted by Gasteiger charge is -2.23. The summed E-state index contributed by atoms with van der Waals surface area (Å²) in [5, 5.41) is 1.23. The summed E-state index contributed by atoms with van der Waals surface area (Å²) in [6, 6.07) is 6.12. The molecule has 1 heterocycles. The SMILES string of the molecule is COc1ccc2c(C(C)(C)CN)c(C)[nH]c2c1. The lowest BCUT2D eigenvalue weighted by Crippen LogP contribution is -2.28. The van der Waals surface area contributed by atoms with E-state index >= 15 is 0 Å². The molecule has 17 heavy (non-hydrogen) atoms. The van der Waals surface area contributed by atoms with Gasteiger partial charge in [-0.05, 0) is 24.6 Å². The summed E-state index contributed by atoms with van der Waals surface area (Å²) in [4.78, 5) is 3.41. The van der Waals surface area contributed by atoms with Crippen LogP contribution >= 0.6 is 0 Å². The zero-order valence-corrected chi connectivity index (χ0v) is 10.9. The van der Waals surface area contributed by atoms with Crippen molar-refractivity contribution < 1.29 is 4.74 Å². The highest BCUT2D eigenvalue weighted by Gasteiger charge is 2.24. The molecule has 0 spiro atoms. The minimum Gasteiger partial charge on any atom is -0.497 e. The molecule has 1 aromatic heterocycles. The second kappa shape index (κ2) is 4.08. The van der Waals surface area contributed by atoms with Crippen molar-refractivity contribution in [3.05, 3.63) is 29.5 Å². The third kappa shape index (κ3) is 1.91. The summed E-state index contributed by atoms with van der Waals surface area (Å²) < 4.78 is 5.24. The molecule has 3 nitrogen and oxygen atoms in total. The molecule has 3 heteroatoms. The highest BCUT2D eigenvalue weighted by atomic mass is 16.5. The molecule has 0 bridgehead atoms. The predicted molar refractivity (Wildman–Crippen MR) is 71.7 cm³/mol. The Labute approximate surface area is 102 Å². The van der Waals surface area contributed by atoms with Crippen molar-refractivity contribution in [2.24, 2.45) is 5.73 Å². The van der Waals surface area contributed by atoms with E-state index in [0.717, 1.165) is 11.3 Å². The van der Waals surface area contributed by atoms with Crippen molar-refractivity contribution in [2.75, 3.05) is 13.7 Å². The number of nitrogens with one attached hydrogen (secondary N) is 1. The lowest BCUT2D eigenvalue weighted by molar-refractivity contribution is 0.415. The third-order valence-electron chi connectivity index (χ3n) is 3.38. The van der Waals surface area contributed by atoms with Gasteiger partial charge in [-0.25, -0.2) is 0 Å². The van der Waals surface area contributed by atoms with Crippen LogP contribution in [-0.4, -0.2) is 18.6 Å². The van der Waals surface area contributed by atoms with Crippen LogP contribution in [0.5, 0.6) is 5.75 Å². The van der Waals surface area contributed by atoms with Crippen LogP contribution in [0.25, 0.3) is 10.9 Å². The van der Waals surface area contributed by atoms with Crippen molar-refractivity contribution in [3.8, 4) is 5.75 Å². The minimum absolute atomic E-state index is 0.0169. The van der Waals surface area contributed by atoms with Gasteiger partial charge in [-0.15, -0.1) is 0 Å². The normalized spacial score (nSPS) is 12.1. The van der Waals surface area contributed by atoms with Crippen molar-refractivity contribution >= 4 is 10.9 Å². The number of fused-ring (bicyclic) bond motifs is 1. The Morgan fingerprint density at radius 1 is 1.35 bits per heavy atom. The largest absolute Gasteiger partial charge is 0.497 e. The molecule has 2 rings (SSSR count). The molecule has 0 unspecified atom stereocenters. The number of H-pyrrole nitrogens is 1. The molecule has 92 valence electrons. The fourth-order valence-electron chi connectivity index (χ4n) is 2.41. The van der Waals surface area contributed by atoms with E-state index in [-0.39, 0.29) is 5.41 Å². The maximum absolute atomic E-state index is 5.87. The van der Waals surface area contributed by atoms with Gasteiger partial charge >= 0.3 is 0 Å². The van der Waals surface area contributed by atoms with E-state index in [1.165, 1.54) is 16.6 Å². The number of nitrogens with two attached hydrogens (primary N) is 1. The molecule has 0 radical (unpaired) electrons. The number of rotatable bonds is 3. The Bertz CT molecular complexity index is 540. The third-order valence-corrected chi connectivity index (χ3v) is 3.38. The van der Waals surface area contributed by atoms with Crippen LogP contribution in [0.3, 0.4) is 0 Å². The monoisotopic (exact) mass is 232 g/mol. The minimum atomic E-state index is -0.0169. The molecule has 0 aliphatic heterocycles. The molecule has 2 aromatic rings. The van der Waals surface area contributed by atoms with E-state index in [1.54, 1.807) is 7.11 Å². The maximum Gasteiger partial charge on any atom is 0.120 e. The highest BCUT2D eigenvalue weighted by Crippen LogP contribution is 2.34. The van der Waals surface area contributed by atoms with Crippen LogP contribution in [0, 0.1) is 6.92 Å². The molecule has 0 fully saturated rings. The molecule has 0 atom stereocenters. The second-order valence-electron chi connectivity index (χ2n) is 5.12. The van der Waals surface area contributed by atoms with Gasteiger partial charge in [-0.3, -0.25) is 0 Å². The predicted octanol–water partition coefficient (Wildman–Crippen LogP) is 2.72. The van der Waals surface area contributed by atoms with Gasteiger partial charge < -0.3 is 15.5 Å². The van der Waals surface area contributed by atoms with Gasteiger partial charge in [-0.2, -0.15) is 0 Å². The smallest absolute Gasteiger partial charge is 0.120 e. The molecule has 0 saturated heterocycles. The van der Waals surface area contributed by atoms with Gasteiger partial charge in [0.2, 0.25) is 0 Å². The molecule has 0 aliphatic carbocycles. The molecule has 1 aromatic carbocycles. The number of hydrogen-bond acceptors (Lipinski definition) is 2. The van der Waals surface area contributed by atoms with Crippen LogP contribution < -0.4 is 10.5 Å². The standard InChI is InChI=1S/C14H20N2O/c1-9-13(14(2,3)8-15)11-6-5-10(17-4)7-12(11)16-9/h5-7,16H,8,15H2,1-4H3. The maximum atomic E-state index is 5.87. The van der Waals surface area contributed by atoms with Gasteiger partial charge in [0.15, 0.2) is 0 Å². The fourth-order valence-corrected chi connectivity index (χ4v) is 2.41. The van der Waals surface area contributed by atoms with Gasteiger partial charge in [0.25, 0.3) is 0 Å². The van der Waals surface area contributed by atoms with Gasteiger partial charge in [0.1, 0.15) is 5.75 Å². The Hall–Kier alpha value is -1.48. The van der Waals surface area contributed by atoms with Crippen molar-refractivity contribution in [3.63, 3.8) is 0 Å². The highest BCUT2D eigenvalue weighted by molar-refractivity contribution is 5.87. The Kier molecular flexibility index (Phi) is 2.87. The number of ether oxygens (including phenoxy) is 1. The first-order valence-electron chi connectivity index (χ1n) is 5.86. The summed E-state index contributed by atoms with van der Waals surface area (Å²) in [5.41, 5.74) is 9.45. The number of benzene rings is 1. The summed E-state index contributed by atoms with van der Waals surface area (Å²) in [6.07, 6.45) is 0. The van der Waals surface area contributed by atoms with E-state index in [0.29, 0.717) is 6.54 Å². The second-order valence-corrected chi connectivity index (χ2v) is 5.12.